The zero-order valence-electron chi connectivity index (χ0n) is 7.47. The van der Waals surface area contributed by atoms with Crippen LogP contribution in [0.5, 0.6) is 0 Å². The Balaban J connectivity index is 2.42. The van der Waals surface area contributed by atoms with E-state index in [2.05, 4.69) is 10.6 Å². The molecule has 1 heterocycles. The summed E-state index contributed by atoms with van der Waals surface area (Å²) < 4.78 is 0. The third-order valence-corrected chi connectivity index (χ3v) is 2.29. The Labute approximate surface area is 82.0 Å². The highest BCUT2D eigenvalue weighted by molar-refractivity contribution is 6.27. The zero-order valence-corrected chi connectivity index (χ0v) is 8.23. The smallest absolute Gasteiger partial charge is 0.242 e. The van der Waals surface area contributed by atoms with Crippen molar-refractivity contribution in [2.45, 2.75) is 31.8 Å². The monoisotopic (exact) mass is 204 g/mol. The predicted octanol–water partition coefficient (Wildman–Crippen LogP) is 0.00850. The second-order valence-corrected chi connectivity index (χ2v) is 3.51. The maximum absolute atomic E-state index is 11.3. The van der Waals surface area contributed by atoms with Crippen molar-refractivity contribution in [2.24, 2.45) is 0 Å². The van der Waals surface area contributed by atoms with E-state index in [1.807, 2.05) is 6.92 Å². The van der Waals surface area contributed by atoms with Crippen molar-refractivity contribution < 1.29 is 9.59 Å². The van der Waals surface area contributed by atoms with Crippen molar-refractivity contribution in [3.05, 3.63) is 0 Å². The van der Waals surface area contributed by atoms with Gasteiger partial charge in [-0.25, -0.2) is 0 Å². The molecule has 0 aromatic carbocycles. The maximum Gasteiger partial charge on any atom is 0.242 e. The molecule has 0 aromatic heterocycles. The molecule has 2 amide bonds. The molecule has 4 nitrogen and oxygen atoms in total. The SMILES string of the molecule is CC1CCC(NC(=O)CCl)C(=O)N1. The average molecular weight is 205 g/mol. The summed E-state index contributed by atoms with van der Waals surface area (Å²) in [7, 11) is 0. The molecule has 1 saturated heterocycles. The number of nitrogens with one attached hydrogen (secondary N) is 2. The molecule has 2 N–H and O–H groups in total. The standard InChI is InChI=1S/C8H13ClN2O2/c1-5-2-3-6(8(13)10-5)11-7(12)4-9/h5-6H,2-4H2,1H3,(H,10,13)(H,11,12). The summed E-state index contributed by atoms with van der Waals surface area (Å²) in [5.74, 6) is -0.507. The third kappa shape index (κ3) is 2.88. The molecule has 13 heavy (non-hydrogen) atoms. The van der Waals surface area contributed by atoms with Crippen LogP contribution < -0.4 is 10.6 Å². The van der Waals surface area contributed by atoms with E-state index in [9.17, 15) is 9.59 Å². The molecule has 74 valence electrons. The quantitative estimate of drug-likeness (QED) is 0.623. The van der Waals surface area contributed by atoms with E-state index in [1.165, 1.54) is 0 Å². The molecule has 2 atom stereocenters. The Morgan fingerprint density at radius 1 is 1.69 bits per heavy atom. The number of carbonyl (C=O) groups is 2. The average Bonchev–Trinajstić information content (AvgIpc) is 2.09. The summed E-state index contributed by atoms with van der Waals surface area (Å²) in [4.78, 5) is 22.2. The number of hydrogen-bond acceptors (Lipinski definition) is 2. The molecule has 0 bridgehead atoms. The van der Waals surface area contributed by atoms with Gasteiger partial charge in [0.15, 0.2) is 0 Å². The van der Waals surface area contributed by atoms with Gasteiger partial charge in [0.2, 0.25) is 11.8 Å². The normalized spacial score (nSPS) is 28.0. The Kier molecular flexibility index (Phi) is 3.54. The van der Waals surface area contributed by atoms with Crippen LogP contribution in [0.3, 0.4) is 0 Å². The minimum atomic E-state index is -0.401. The van der Waals surface area contributed by atoms with Crippen molar-refractivity contribution in [3.63, 3.8) is 0 Å². The Morgan fingerprint density at radius 3 is 2.92 bits per heavy atom. The first-order chi connectivity index (χ1) is 6.13. The topological polar surface area (TPSA) is 58.2 Å². The lowest BCUT2D eigenvalue weighted by Gasteiger charge is -2.27. The van der Waals surface area contributed by atoms with Gasteiger partial charge in [-0.15, -0.1) is 11.6 Å². The van der Waals surface area contributed by atoms with Crippen molar-refractivity contribution in [3.8, 4) is 0 Å². The van der Waals surface area contributed by atoms with E-state index in [4.69, 9.17) is 11.6 Å². The lowest BCUT2D eigenvalue weighted by atomic mass is 10.0. The fourth-order valence-electron chi connectivity index (χ4n) is 1.33. The first-order valence-corrected chi connectivity index (χ1v) is 4.82. The van der Waals surface area contributed by atoms with Gasteiger partial charge in [0.25, 0.3) is 0 Å². The number of piperidine rings is 1. The van der Waals surface area contributed by atoms with Gasteiger partial charge in [-0.2, -0.15) is 0 Å². The second kappa shape index (κ2) is 4.46. The Hall–Kier alpha value is -0.770. The maximum atomic E-state index is 11.3. The minimum absolute atomic E-state index is 0.0979. The Morgan fingerprint density at radius 2 is 2.38 bits per heavy atom. The summed E-state index contributed by atoms with van der Waals surface area (Å²) in [5.41, 5.74) is 0. The van der Waals surface area contributed by atoms with Crippen LogP contribution >= 0.6 is 11.6 Å². The largest absolute Gasteiger partial charge is 0.352 e. The van der Waals surface area contributed by atoms with Gasteiger partial charge in [-0.1, -0.05) is 0 Å². The van der Waals surface area contributed by atoms with Gasteiger partial charge >= 0.3 is 0 Å². The molecular weight excluding hydrogens is 192 g/mol. The van der Waals surface area contributed by atoms with Gasteiger partial charge in [-0.05, 0) is 19.8 Å². The van der Waals surface area contributed by atoms with Gasteiger partial charge in [0.1, 0.15) is 11.9 Å². The number of halogens is 1. The van der Waals surface area contributed by atoms with Gasteiger partial charge in [-0.3, -0.25) is 9.59 Å². The van der Waals surface area contributed by atoms with Crippen LogP contribution in [0.4, 0.5) is 0 Å². The van der Waals surface area contributed by atoms with Crippen LogP contribution in [-0.2, 0) is 9.59 Å². The summed E-state index contributed by atoms with van der Waals surface area (Å²) in [6.45, 7) is 1.94. The number of alkyl halides is 1. The number of rotatable bonds is 2. The van der Waals surface area contributed by atoms with E-state index in [0.717, 1.165) is 6.42 Å². The van der Waals surface area contributed by atoms with Crippen LogP contribution in [-0.4, -0.2) is 29.8 Å². The number of carbonyl (C=O) groups excluding carboxylic acids is 2. The lowest BCUT2D eigenvalue weighted by molar-refractivity contribution is -0.129. The van der Waals surface area contributed by atoms with Gasteiger partial charge < -0.3 is 10.6 Å². The highest BCUT2D eigenvalue weighted by atomic mass is 35.5. The molecule has 0 saturated carbocycles. The first kappa shape index (κ1) is 10.3. The van der Waals surface area contributed by atoms with Crippen LogP contribution in [0.25, 0.3) is 0 Å². The molecule has 0 aromatic rings. The molecular formula is C8H13ClN2O2. The summed E-state index contributed by atoms with van der Waals surface area (Å²) in [5, 5.41) is 5.32. The molecule has 1 fully saturated rings. The highest BCUT2D eigenvalue weighted by Crippen LogP contribution is 2.08. The zero-order chi connectivity index (χ0) is 9.84. The summed E-state index contributed by atoms with van der Waals surface area (Å²) in [6, 6.07) is -0.195. The number of hydrogen-bond donors (Lipinski definition) is 2. The van der Waals surface area contributed by atoms with E-state index in [-0.39, 0.29) is 23.7 Å². The molecule has 1 aliphatic heterocycles. The lowest BCUT2D eigenvalue weighted by Crippen LogP contribution is -2.53. The summed E-state index contributed by atoms with van der Waals surface area (Å²) >= 11 is 5.30. The van der Waals surface area contributed by atoms with Crippen LogP contribution in [0, 0.1) is 0 Å². The molecule has 0 spiro atoms. The molecule has 1 rings (SSSR count). The van der Waals surface area contributed by atoms with Crippen molar-refractivity contribution in [1.82, 2.24) is 10.6 Å². The van der Waals surface area contributed by atoms with E-state index < -0.39 is 6.04 Å². The minimum Gasteiger partial charge on any atom is -0.352 e. The molecule has 2 unspecified atom stereocenters. The Bertz CT molecular complexity index is 220. The van der Waals surface area contributed by atoms with Crippen LogP contribution in [0.15, 0.2) is 0 Å². The van der Waals surface area contributed by atoms with E-state index in [1.54, 1.807) is 0 Å². The molecule has 5 heteroatoms. The molecule has 1 aliphatic rings. The van der Waals surface area contributed by atoms with Crippen molar-refractivity contribution in [1.29, 1.82) is 0 Å². The van der Waals surface area contributed by atoms with E-state index in [0.29, 0.717) is 6.42 Å². The number of amides is 2. The van der Waals surface area contributed by atoms with Crippen LogP contribution in [0.1, 0.15) is 19.8 Å². The molecule has 0 aliphatic carbocycles. The molecule has 0 radical (unpaired) electrons. The van der Waals surface area contributed by atoms with E-state index >= 15 is 0 Å². The van der Waals surface area contributed by atoms with Crippen LogP contribution in [0.2, 0.25) is 0 Å². The highest BCUT2D eigenvalue weighted by Gasteiger charge is 2.26. The van der Waals surface area contributed by atoms with Crippen molar-refractivity contribution in [2.75, 3.05) is 5.88 Å². The fourth-order valence-corrected chi connectivity index (χ4v) is 1.41. The van der Waals surface area contributed by atoms with Gasteiger partial charge in [0.05, 0.1) is 0 Å². The van der Waals surface area contributed by atoms with Gasteiger partial charge in [0, 0.05) is 6.04 Å². The van der Waals surface area contributed by atoms with Crippen molar-refractivity contribution >= 4 is 23.4 Å². The first-order valence-electron chi connectivity index (χ1n) is 4.29. The third-order valence-electron chi connectivity index (χ3n) is 2.05. The second-order valence-electron chi connectivity index (χ2n) is 3.24. The summed E-state index contributed by atoms with van der Waals surface area (Å²) in [6.07, 6.45) is 1.58. The predicted molar refractivity (Wildman–Crippen MR) is 49.5 cm³/mol. The fraction of sp³-hybridized carbons (Fsp3) is 0.750.